The van der Waals surface area contributed by atoms with Gasteiger partial charge >= 0.3 is 0 Å². The summed E-state index contributed by atoms with van der Waals surface area (Å²) in [6.45, 7) is 9.74. The van der Waals surface area contributed by atoms with E-state index in [0.29, 0.717) is 22.0 Å². The molecule has 0 bridgehead atoms. The van der Waals surface area contributed by atoms with E-state index in [2.05, 4.69) is 59.0 Å². The standard InChI is InChI=1S/C29H34ClN5OS/c1-21-10-12-35(13-11-21)28(36)24-8-5-7-23(18-24)20-37-29-31-26(30)19-27(32-29)34-16-14-33(15-17-34)25-9-4-3-6-22(25)2/h3-9,18-19,21H,10-17,20H2,1-2H3. The number of aromatic nitrogens is 2. The van der Waals surface area contributed by atoms with Crippen LogP contribution >= 0.6 is 23.4 Å². The number of nitrogens with zero attached hydrogens (tertiary/aromatic N) is 5. The van der Waals surface area contributed by atoms with Gasteiger partial charge in [-0.1, -0.05) is 60.6 Å². The number of rotatable bonds is 6. The summed E-state index contributed by atoms with van der Waals surface area (Å²) in [6.07, 6.45) is 2.16. The van der Waals surface area contributed by atoms with Crippen LogP contribution in [-0.4, -0.2) is 60.0 Å². The summed E-state index contributed by atoms with van der Waals surface area (Å²) in [5.74, 6) is 2.38. The quantitative estimate of drug-likeness (QED) is 0.221. The molecule has 2 fully saturated rings. The molecule has 194 valence electrons. The van der Waals surface area contributed by atoms with Gasteiger partial charge in [0, 0.05) is 62.3 Å². The number of halogens is 1. The molecule has 5 rings (SSSR count). The monoisotopic (exact) mass is 535 g/mol. The molecule has 2 saturated heterocycles. The minimum absolute atomic E-state index is 0.130. The van der Waals surface area contributed by atoms with Gasteiger partial charge in [-0.15, -0.1) is 0 Å². The first kappa shape index (κ1) is 25.9. The van der Waals surface area contributed by atoms with Gasteiger partial charge in [0.25, 0.3) is 5.91 Å². The minimum atomic E-state index is 0.130. The summed E-state index contributed by atoms with van der Waals surface area (Å²) in [5, 5.41) is 1.11. The second kappa shape index (κ2) is 11.7. The van der Waals surface area contributed by atoms with Gasteiger partial charge < -0.3 is 14.7 Å². The highest BCUT2D eigenvalue weighted by atomic mass is 35.5. The summed E-state index contributed by atoms with van der Waals surface area (Å²) in [7, 11) is 0. The van der Waals surface area contributed by atoms with E-state index in [1.165, 1.54) is 11.3 Å². The fourth-order valence-corrected chi connectivity index (χ4v) is 6.07. The minimum Gasteiger partial charge on any atom is -0.368 e. The van der Waals surface area contributed by atoms with Crippen LogP contribution in [0.2, 0.25) is 5.15 Å². The maximum atomic E-state index is 13.0. The van der Waals surface area contributed by atoms with Crippen molar-refractivity contribution < 1.29 is 4.79 Å². The molecule has 2 aromatic carbocycles. The van der Waals surface area contributed by atoms with Gasteiger partial charge in [-0.2, -0.15) is 0 Å². The molecular weight excluding hydrogens is 502 g/mol. The first-order valence-corrected chi connectivity index (χ1v) is 14.4. The number of piperidine rings is 1. The van der Waals surface area contributed by atoms with Gasteiger partial charge in [0.05, 0.1) is 0 Å². The van der Waals surface area contributed by atoms with E-state index >= 15 is 0 Å². The Morgan fingerprint density at radius 3 is 2.43 bits per heavy atom. The zero-order valence-corrected chi connectivity index (χ0v) is 23.1. The molecule has 0 unspecified atom stereocenters. The maximum absolute atomic E-state index is 13.0. The summed E-state index contributed by atoms with van der Waals surface area (Å²) < 4.78 is 0. The fraction of sp³-hybridized carbons (Fsp3) is 0.414. The lowest BCUT2D eigenvalue weighted by molar-refractivity contribution is 0.0697. The van der Waals surface area contributed by atoms with E-state index in [-0.39, 0.29) is 5.91 Å². The van der Waals surface area contributed by atoms with Gasteiger partial charge in [-0.3, -0.25) is 4.79 Å². The number of piperazine rings is 1. The highest BCUT2D eigenvalue weighted by Crippen LogP contribution is 2.27. The van der Waals surface area contributed by atoms with Gasteiger partial charge in [0.1, 0.15) is 11.0 Å². The molecule has 1 amide bonds. The van der Waals surface area contributed by atoms with Gasteiger partial charge in [0.15, 0.2) is 5.16 Å². The third kappa shape index (κ3) is 6.39. The fourth-order valence-electron chi connectivity index (χ4n) is 5.04. The third-order valence-electron chi connectivity index (χ3n) is 7.33. The zero-order chi connectivity index (χ0) is 25.8. The second-order valence-corrected chi connectivity index (χ2v) is 11.4. The van der Waals surface area contributed by atoms with Crippen LogP contribution in [0.5, 0.6) is 0 Å². The molecule has 37 heavy (non-hydrogen) atoms. The van der Waals surface area contributed by atoms with E-state index in [1.807, 2.05) is 29.2 Å². The first-order chi connectivity index (χ1) is 18.0. The van der Waals surface area contributed by atoms with Crippen molar-refractivity contribution in [3.8, 4) is 0 Å². The van der Waals surface area contributed by atoms with E-state index in [0.717, 1.165) is 69.1 Å². The van der Waals surface area contributed by atoms with Gasteiger partial charge in [0.2, 0.25) is 0 Å². The molecule has 0 radical (unpaired) electrons. The molecular formula is C29H34ClN5OS. The predicted molar refractivity (Wildman–Crippen MR) is 153 cm³/mol. The maximum Gasteiger partial charge on any atom is 0.253 e. The van der Waals surface area contributed by atoms with Crippen molar-refractivity contribution in [1.82, 2.24) is 14.9 Å². The lowest BCUT2D eigenvalue weighted by atomic mass is 9.98. The van der Waals surface area contributed by atoms with E-state index in [1.54, 1.807) is 11.8 Å². The smallest absolute Gasteiger partial charge is 0.253 e. The number of hydrogen-bond donors (Lipinski definition) is 0. The normalized spacial score (nSPS) is 16.8. The SMILES string of the molecule is Cc1ccccc1N1CCN(c2cc(Cl)nc(SCc3cccc(C(=O)N4CCC(C)CC4)c3)n2)CC1. The molecule has 2 aliphatic rings. The van der Waals surface area contributed by atoms with E-state index in [4.69, 9.17) is 16.6 Å². The van der Waals surface area contributed by atoms with Crippen LogP contribution in [0.3, 0.4) is 0 Å². The molecule has 0 spiro atoms. The highest BCUT2D eigenvalue weighted by Gasteiger charge is 2.22. The van der Waals surface area contributed by atoms with Gasteiger partial charge in [-0.05, 0) is 55.0 Å². The number of anilines is 2. The Balaban J connectivity index is 1.21. The zero-order valence-electron chi connectivity index (χ0n) is 21.6. The molecule has 0 saturated carbocycles. The summed E-state index contributed by atoms with van der Waals surface area (Å²) in [5.41, 5.74) is 4.44. The van der Waals surface area contributed by atoms with Crippen LogP contribution in [0.4, 0.5) is 11.5 Å². The van der Waals surface area contributed by atoms with Gasteiger partial charge in [-0.25, -0.2) is 9.97 Å². The molecule has 8 heteroatoms. The van der Waals surface area contributed by atoms with Crippen molar-refractivity contribution in [3.05, 3.63) is 76.4 Å². The Kier molecular flexibility index (Phi) is 8.20. The van der Waals surface area contributed by atoms with Crippen molar-refractivity contribution in [2.75, 3.05) is 49.1 Å². The number of aryl methyl sites for hydroxylation is 1. The molecule has 0 aliphatic carbocycles. The summed E-state index contributed by atoms with van der Waals surface area (Å²) in [4.78, 5) is 29.0. The average molecular weight is 536 g/mol. The predicted octanol–water partition coefficient (Wildman–Crippen LogP) is 5.93. The molecule has 0 atom stereocenters. The number of carbonyl (C=O) groups is 1. The van der Waals surface area contributed by atoms with Crippen molar-refractivity contribution in [1.29, 1.82) is 0 Å². The average Bonchev–Trinajstić information content (AvgIpc) is 2.92. The lowest BCUT2D eigenvalue weighted by Crippen LogP contribution is -2.47. The number of para-hydroxylation sites is 1. The Hall–Kier alpha value is -2.77. The Morgan fingerprint density at radius 1 is 0.946 bits per heavy atom. The topological polar surface area (TPSA) is 52.6 Å². The molecule has 2 aliphatic heterocycles. The summed E-state index contributed by atoms with van der Waals surface area (Å²) in [6, 6.07) is 18.3. The molecule has 1 aromatic heterocycles. The molecule has 0 N–H and O–H groups in total. The number of benzene rings is 2. The van der Waals surface area contributed by atoms with Crippen LogP contribution < -0.4 is 9.80 Å². The summed E-state index contributed by atoms with van der Waals surface area (Å²) >= 11 is 7.96. The molecule has 3 heterocycles. The van der Waals surface area contributed by atoms with Crippen LogP contribution in [0, 0.1) is 12.8 Å². The lowest BCUT2D eigenvalue weighted by Gasteiger charge is -2.37. The van der Waals surface area contributed by atoms with Crippen LogP contribution in [0.1, 0.15) is 41.3 Å². The number of thioether (sulfide) groups is 1. The second-order valence-electron chi connectivity index (χ2n) is 10.1. The number of likely N-dealkylation sites (tertiary alicyclic amines) is 1. The van der Waals surface area contributed by atoms with Crippen molar-refractivity contribution in [3.63, 3.8) is 0 Å². The van der Waals surface area contributed by atoms with Crippen molar-refractivity contribution in [2.45, 2.75) is 37.6 Å². The van der Waals surface area contributed by atoms with E-state index < -0.39 is 0 Å². The van der Waals surface area contributed by atoms with Crippen LogP contribution in [0.25, 0.3) is 0 Å². The van der Waals surface area contributed by atoms with Crippen LogP contribution in [-0.2, 0) is 5.75 Å². The van der Waals surface area contributed by atoms with Crippen LogP contribution in [0.15, 0.2) is 59.8 Å². The molecule has 3 aromatic rings. The van der Waals surface area contributed by atoms with Crippen molar-refractivity contribution in [2.24, 2.45) is 5.92 Å². The number of amides is 1. The first-order valence-electron chi connectivity index (χ1n) is 13.1. The Labute approximate surface area is 229 Å². The highest BCUT2D eigenvalue weighted by molar-refractivity contribution is 7.98. The number of carbonyl (C=O) groups excluding carboxylic acids is 1. The van der Waals surface area contributed by atoms with Crippen molar-refractivity contribution >= 4 is 40.8 Å². The molecule has 6 nitrogen and oxygen atoms in total. The largest absolute Gasteiger partial charge is 0.368 e. The Bertz CT molecular complexity index is 1240. The third-order valence-corrected chi connectivity index (χ3v) is 8.45. The Morgan fingerprint density at radius 2 is 1.68 bits per heavy atom. The number of hydrogen-bond acceptors (Lipinski definition) is 6. The van der Waals surface area contributed by atoms with E-state index in [9.17, 15) is 4.79 Å².